The number of rotatable bonds is 5. The summed E-state index contributed by atoms with van der Waals surface area (Å²) in [6, 6.07) is 11.3. The van der Waals surface area contributed by atoms with Gasteiger partial charge in [-0.25, -0.2) is 23.1 Å². The molecule has 0 radical (unpaired) electrons. The molecule has 3 aromatic heterocycles. The molecule has 8 nitrogen and oxygen atoms in total. The van der Waals surface area contributed by atoms with E-state index in [1.807, 2.05) is 29.8 Å². The average Bonchev–Trinajstić information content (AvgIpc) is 3.37. The van der Waals surface area contributed by atoms with Crippen LogP contribution in [0.4, 0.5) is 19.0 Å². The molecule has 0 saturated carbocycles. The van der Waals surface area contributed by atoms with Gasteiger partial charge in [-0.15, -0.1) is 0 Å². The van der Waals surface area contributed by atoms with Crippen LogP contribution in [0, 0.1) is 5.82 Å². The fourth-order valence-corrected chi connectivity index (χ4v) is 3.84. The van der Waals surface area contributed by atoms with E-state index in [1.165, 1.54) is 18.3 Å². The molecule has 2 aromatic carbocycles. The number of aromatic nitrogens is 5. The van der Waals surface area contributed by atoms with Crippen LogP contribution in [0.2, 0.25) is 0 Å². The molecule has 1 amide bonds. The predicted molar refractivity (Wildman–Crippen MR) is 121 cm³/mol. The van der Waals surface area contributed by atoms with Gasteiger partial charge in [-0.05, 0) is 36.4 Å². The Hall–Kier alpha value is -4.41. The SMILES string of the molecule is Cn1cnc2ccc(-c3c(-c4ccc(F)cc4)ncc4nc(C(=O)NCC(F)F)c(N)n34)cc21. The third-order valence-corrected chi connectivity index (χ3v) is 5.44. The van der Waals surface area contributed by atoms with Gasteiger partial charge in [0.2, 0.25) is 0 Å². The number of nitrogens with zero attached hydrogens (tertiary/aromatic N) is 5. The maximum atomic E-state index is 13.6. The third kappa shape index (κ3) is 3.60. The number of halogens is 3. The lowest BCUT2D eigenvalue weighted by Crippen LogP contribution is -2.29. The van der Waals surface area contributed by atoms with Crippen molar-refractivity contribution in [2.45, 2.75) is 6.43 Å². The molecule has 0 saturated heterocycles. The van der Waals surface area contributed by atoms with Crippen molar-refractivity contribution in [1.82, 2.24) is 29.2 Å². The summed E-state index contributed by atoms with van der Waals surface area (Å²) in [4.78, 5) is 25.6. The molecule has 0 aliphatic rings. The van der Waals surface area contributed by atoms with Gasteiger partial charge >= 0.3 is 0 Å². The van der Waals surface area contributed by atoms with E-state index in [-0.39, 0.29) is 17.2 Å². The molecule has 3 heterocycles. The number of aryl methyl sites for hydroxylation is 1. The van der Waals surface area contributed by atoms with E-state index in [9.17, 15) is 18.0 Å². The number of anilines is 1. The first kappa shape index (κ1) is 21.4. The van der Waals surface area contributed by atoms with E-state index < -0.39 is 24.7 Å². The molecule has 0 atom stereocenters. The van der Waals surface area contributed by atoms with Gasteiger partial charge in [0.05, 0.1) is 41.5 Å². The molecule has 172 valence electrons. The van der Waals surface area contributed by atoms with Crippen LogP contribution in [0.25, 0.3) is 39.2 Å². The average molecular weight is 465 g/mol. The largest absolute Gasteiger partial charge is 0.383 e. The van der Waals surface area contributed by atoms with Crippen LogP contribution in [-0.2, 0) is 7.05 Å². The van der Waals surface area contributed by atoms with Crippen molar-refractivity contribution in [1.29, 1.82) is 0 Å². The molecule has 5 aromatic rings. The smallest absolute Gasteiger partial charge is 0.273 e. The lowest BCUT2D eigenvalue weighted by molar-refractivity contribution is 0.0888. The molecule has 0 bridgehead atoms. The van der Waals surface area contributed by atoms with Crippen LogP contribution in [-0.4, -0.2) is 42.8 Å². The number of alkyl halides is 2. The molecule has 0 aliphatic carbocycles. The van der Waals surface area contributed by atoms with Crippen molar-refractivity contribution in [3.8, 4) is 22.5 Å². The van der Waals surface area contributed by atoms with Crippen LogP contribution < -0.4 is 11.1 Å². The van der Waals surface area contributed by atoms with Crippen molar-refractivity contribution in [3.05, 3.63) is 66.5 Å². The minimum atomic E-state index is -2.71. The fourth-order valence-electron chi connectivity index (χ4n) is 3.84. The Morgan fingerprint density at radius 2 is 1.85 bits per heavy atom. The predicted octanol–water partition coefficient (Wildman–Crippen LogP) is 3.67. The highest BCUT2D eigenvalue weighted by Crippen LogP contribution is 2.35. The molecular formula is C23H18F3N7O. The topological polar surface area (TPSA) is 103 Å². The van der Waals surface area contributed by atoms with Crippen molar-refractivity contribution in [3.63, 3.8) is 0 Å². The second kappa shape index (κ2) is 8.18. The Labute approximate surface area is 190 Å². The van der Waals surface area contributed by atoms with E-state index in [0.717, 1.165) is 11.0 Å². The Balaban J connectivity index is 1.77. The van der Waals surface area contributed by atoms with Crippen molar-refractivity contribution >= 4 is 28.4 Å². The van der Waals surface area contributed by atoms with E-state index in [4.69, 9.17) is 5.73 Å². The van der Waals surface area contributed by atoms with E-state index in [0.29, 0.717) is 22.5 Å². The van der Waals surface area contributed by atoms with Gasteiger partial charge in [0.15, 0.2) is 11.3 Å². The molecule has 3 N–H and O–H groups in total. The van der Waals surface area contributed by atoms with Crippen molar-refractivity contribution in [2.75, 3.05) is 12.3 Å². The summed E-state index contributed by atoms with van der Waals surface area (Å²) in [7, 11) is 1.86. The molecule has 34 heavy (non-hydrogen) atoms. The number of nitrogens with two attached hydrogens (primary N) is 1. The molecule has 11 heteroatoms. The minimum absolute atomic E-state index is 0.0346. The second-order valence-electron chi connectivity index (χ2n) is 7.66. The van der Waals surface area contributed by atoms with Gasteiger partial charge in [0, 0.05) is 18.2 Å². The van der Waals surface area contributed by atoms with Crippen LogP contribution in [0.3, 0.4) is 0 Å². The van der Waals surface area contributed by atoms with Gasteiger partial charge in [-0.3, -0.25) is 14.2 Å². The van der Waals surface area contributed by atoms with E-state index in [1.54, 1.807) is 22.9 Å². The summed E-state index contributed by atoms with van der Waals surface area (Å²) in [6.07, 6.45) is 0.395. The number of hydrogen-bond acceptors (Lipinski definition) is 5. The summed E-state index contributed by atoms with van der Waals surface area (Å²) in [6.45, 7) is -0.824. The zero-order valence-corrected chi connectivity index (χ0v) is 17.8. The lowest BCUT2D eigenvalue weighted by atomic mass is 10.0. The number of nitrogen functional groups attached to an aromatic ring is 1. The number of benzene rings is 2. The first-order valence-corrected chi connectivity index (χ1v) is 10.2. The molecule has 0 aliphatic heterocycles. The zero-order chi connectivity index (χ0) is 24.0. The molecule has 0 spiro atoms. The first-order valence-electron chi connectivity index (χ1n) is 10.2. The fraction of sp³-hybridized carbons (Fsp3) is 0.130. The molecule has 0 unspecified atom stereocenters. The maximum absolute atomic E-state index is 13.6. The zero-order valence-electron chi connectivity index (χ0n) is 17.8. The number of amides is 1. The van der Waals surface area contributed by atoms with Crippen molar-refractivity contribution < 1.29 is 18.0 Å². The summed E-state index contributed by atoms with van der Waals surface area (Å²) >= 11 is 0. The number of carbonyl (C=O) groups excluding carboxylic acids is 1. The van der Waals surface area contributed by atoms with Gasteiger partial charge in [0.1, 0.15) is 11.6 Å². The minimum Gasteiger partial charge on any atom is -0.383 e. The summed E-state index contributed by atoms with van der Waals surface area (Å²) < 4.78 is 42.2. The highest BCUT2D eigenvalue weighted by molar-refractivity contribution is 5.98. The Morgan fingerprint density at radius 3 is 2.59 bits per heavy atom. The van der Waals surface area contributed by atoms with Crippen molar-refractivity contribution in [2.24, 2.45) is 7.05 Å². The Bertz CT molecular complexity index is 1540. The van der Waals surface area contributed by atoms with E-state index >= 15 is 0 Å². The lowest BCUT2D eigenvalue weighted by Gasteiger charge is -2.13. The quantitative estimate of drug-likeness (QED) is 0.412. The van der Waals surface area contributed by atoms with Gasteiger partial charge in [0.25, 0.3) is 12.3 Å². The van der Waals surface area contributed by atoms with Gasteiger partial charge < -0.3 is 15.6 Å². The summed E-state index contributed by atoms with van der Waals surface area (Å²) in [5, 5.41) is 2.12. The number of fused-ring (bicyclic) bond motifs is 2. The molecule has 5 rings (SSSR count). The Kier molecular flexibility index (Phi) is 5.16. The Morgan fingerprint density at radius 1 is 1.12 bits per heavy atom. The molecule has 0 fully saturated rings. The number of hydrogen-bond donors (Lipinski definition) is 2. The van der Waals surface area contributed by atoms with Crippen LogP contribution in [0.15, 0.2) is 55.0 Å². The van der Waals surface area contributed by atoms with Crippen LogP contribution in [0.5, 0.6) is 0 Å². The maximum Gasteiger partial charge on any atom is 0.273 e. The number of imidazole rings is 2. The first-order chi connectivity index (χ1) is 16.3. The standard InChI is InChI=1S/C23H18F3N7O/c1-32-11-30-15-7-4-13(8-16(15)32)21-19(12-2-5-14(24)6-3-12)28-10-18-31-20(22(27)33(18)21)23(34)29-9-17(25)26/h2-8,10-11,17H,9,27H2,1H3,(H,29,34). The second-order valence-corrected chi connectivity index (χ2v) is 7.66. The summed E-state index contributed by atoms with van der Waals surface area (Å²) in [5.41, 5.74) is 10.3. The monoisotopic (exact) mass is 465 g/mol. The van der Waals surface area contributed by atoms with E-state index in [2.05, 4.69) is 20.3 Å². The summed E-state index contributed by atoms with van der Waals surface area (Å²) in [5.74, 6) is -1.26. The normalized spacial score (nSPS) is 11.6. The third-order valence-electron chi connectivity index (χ3n) is 5.44. The highest BCUT2D eigenvalue weighted by atomic mass is 19.3. The molecular weight excluding hydrogens is 447 g/mol. The van der Waals surface area contributed by atoms with Crippen LogP contribution >= 0.6 is 0 Å². The highest BCUT2D eigenvalue weighted by Gasteiger charge is 2.23. The van der Waals surface area contributed by atoms with Crippen LogP contribution in [0.1, 0.15) is 10.5 Å². The van der Waals surface area contributed by atoms with Gasteiger partial charge in [-0.1, -0.05) is 6.07 Å². The number of carbonyl (C=O) groups is 1. The van der Waals surface area contributed by atoms with Gasteiger partial charge in [-0.2, -0.15) is 0 Å². The number of nitrogens with one attached hydrogen (secondary N) is 1.